The van der Waals surface area contributed by atoms with Crippen LogP contribution in [0.3, 0.4) is 0 Å². The number of benzene rings is 1. The molecule has 0 bridgehead atoms. The van der Waals surface area contributed by atoms with Crippen LogP contribution in [0.1, 0.15) is 102 Å². The third-order valence-corrected chi connectivity index (χ3v) is 10.7. The second-order valence-electron chi connectivity index (χ2n) is 16.4. The lowest BCUT2D eigenvalue weighted by atomic mass is 9.82. The van der Waals surface area contributed by atoms with Gasteiger partial charge in [-0.15, -0.1) is 0 Å². The summed E-state index contributed by atoms with van der Waals surface area (Å²) < 4.78 is 5.56. The Labute approximate surface area is 333 Å². The van der Waals surface area contributed by atoms with Crippen LogP contribution in [0.5, 0.6) is 0 Å². The molecular weight excluding hydrogens is 732 g/mol. The predicted octanol–water partition coefficient (Wildman–Crippen LogP) is 2.57. The summed E-state index contributed by atoms with van der Waals surface area (Å²) in [6.07, 6.45) is 9.97. The van der Waals surface area contributed by atoms with Gasteiger partial charge in [-0.05, 0) is 49.0 Å². The smallest absolute Gasteiger partial charge is 0.410 e. The van der Waals surface area contributed by atoms with E-state index in [1.807, 2.05) is 37.3 Å². The highest BCUT2D eigenvalue weighted by Gasteiger charge is 2.45. The summed E-state index contributed by atoms with van der Waals surface area (Å²) in [4.78, 5) is 104. The summed E-state index contributed by atoms with van der Waals surface area (Å²) in [7, 11) is 0. The third-order valence-electron chi connectivity index (χ3n) is 10.7. The third kappa shape index (κ3) is 12.0. The normalized spacial score (nSPS) is 20.0. The molecule has 1 aliphatic heterocycles. The fourth-order valence-electron chi connectivity index (χ4n) is 7.32. The first-order valence-electron chi connectivity index (χ1n) is 20.0. The Balaban J connectivity index is 1.34. The Morgan fingerprint density at radius 3 is 2.21 bits per heavy atom. The molecule has 3 fully saturated rings. The lowest BCUT2D eigenvalue weighted by molar-refractivity contribution is -0.140. The SMILES string of the molecule is CCC[C@H](NC(=O)C1CN(C(=O)OCc2ccccc2)C[C@@H]1NC(=O)C(NC(=O)[C@@H](NC(=O)c1cnccn1)C1CCCCC1)C(C)(C)C)C(=O)C(=O)NC1CC1. The van der Waals surface area contributed by atoms with Crippen molar-refractivity contribution in [3.8, 4) is 0 Å². The van der Waals surface area contributed by atoms with Crippen LogP contribution < -0.4 is 26.6 Å². The fraction of sp³-hybridized carbons (Fsp3) is 0.585. The highest BCUT2D eigenvalue weighted by molar-refractivity contribution is 6.38. The van der Waals surface area contributed by atoms with Gasteiger partial charge in [0.25, 0.3) is 11.8 Å². The van der Waals surface area contributed by atoms with E-state index < -0.39 is 76.9 Å². The Hall–Kier alpha value is -5.41. The van der Waals surface area contributed by atoms with Crippen LogP contribution in [0.25, 0.3) is 0 Å². The van der Waals surface area contributed by atoms with Crippen LogP contribution in [0.4, 0.5) is 4.79 Å². The van der Waals surface area contributed by atoms with E-state index in [-0.39, 0.29) is 43.8 Å². The summed E-state index contributed by atoms with van der Waals surface area (Å²) >= 11 is 0. The van der Waals surface area contributed by atoms with Crippen molar-refractivity contribution in [2.75, 3.05) is 13.1 Å². The average Bonchev–Trinajstić information content (AvgIpc) is 3.92. The van der Waals surface area contributed by atoms with Gasteiger partial charge in [0.15, 0.2) is 0 Å². The van der Waals surface area contributed by atoms with E-state index in [0.717, 1.165) is 37.7 Å². The molecule has 2 unspecified atom stereocenters. The van der Waals surface area contributed by atoms with Gasteiger partial charge < -0.3 is 36.2 Å². The molecule has 0 radical (unpaired) electrons. The van der Waals surface area contributed by atoms with Crippen LogP contribution in [-0.4, -0.2) is 99.6 Å². The minimum Gasteiger partial charge on any atom is -0.445 e. The second kappa shape index (κ2) is 19.6. The maximum absolute atomic E-state index is 14.3. The maximum Gasteiger partial charge on any atom is 0.410 e. The molecule has 16 heteroatoms. The molecule has 2 saturated carbocycles. The van der Waals surface area contributed by atoms with E-state index in [1.54, 1.807) is 20.8 Å². The van der Waals surface area contributed by atoms with Crippen molar-refractivity contribution in [1.82, 2.24) is 41.5 Å². The second-order valence-corrected chi connectivity index (χ2v) is 16.4. The van der Waals surface area contributed by atoms with Crippen LogP contribution in [0, 0.1) is 17.3 Å². The van der Waals surface area contributed by atoms with Gasteiger partial charge in [0.2, 0.25) is 23.5 Å². The average molecular weight is 789 g/mol. The summed E-state index contributed by atoms with van der Waals surface area (Å²) in [5, 5.41) is 14.1. The van der Waals surface area contributed by atoms with Crippen molar-refractivity contribution in [1.29, 1.82) is 0 Å². The zero-order valence-electron chi connectivity index (χ0n) is 33.3. The van der Waals surface area contributed by atoms with Crippen molar-refractivity contribution in [3.63, 3.8) is 0 Å². The number of Topliss-reactive ketones (excluding diaryl/α,β-unsaturated/α-hetero) is 1. The largest absolute Gasteiger partial charge is 0.445 e. The number of nitrogens with zero attached hydrogens (tertiary/aromatic N) is 3. The van der Waals surface area contributed by atoms with Crippen molar-refractivity contribution in [3.05, 3.63) is 60.2 Å². The number of nitrogens with one attached hydrogen (secondary N) is 5. The topological polar surface area (TPSA) is 218 Å². The van der Waals surface area contributed by atoms with Crippen molar-refractivity contribution in [2.45, 2.75) is 122 Å². The van der Waals surface area contributed by atoms with Gasteiger partial charge in [0.05, 0.1) is 24.2 Å². The van der Waals surface area contributed by atoms with Crippen LogP contribution in [0.15, 0.2) is 48.9 Å². The number of aromatic nitrogens is 2. The first kappa shape index (κ1) is 42.7. The lowest BCUT2D eigenvalue weighted by Crippen LogP contribution is -2.61. The Morgan fingerprint density at radius 2 is 1.58 bits per heavy atom. The van der Waals surface area contributed by atoms with E-state index in [1.165, 1.54) is 23.5 Å². The van der Waals surface area contributed by atoms with Crippen LogP contribution >= 0.6 is 0 Å². The highest BCUT2D eigenvalue weighted by Crippen LogP contribution is 2.28. The molecule has 6 amide bonds. The van der Waals surface area contributed by atoms with Crippen LogP contribution in [-0.2, 0) is 35.3 Å². The molecule has 0 spiro atoms. The van der Waals surface area contributed by atoms with E-state index in [0.29, 0.717) is 19.3 Å². The minimum atomic E-state index is -1.13. The summed E-state index contributed by atoms with van der Waals surface area (Å²) in [5.41, 5.74) is -0.0258. The Bertz CT molecular complexity index is 1740. The number of ketones is 1. The maximum atomic E-state index is 14.3. The number of ether oxygens (including phenoxy) is 1. The van der Waals surface area contributed by atoms with Crippen LogP contribution in [0.2, 0.25) is 0 Å². The molecule has 5 atom stereocenters. The van der Waals surface area contributed by atoms with E-state index >= 15 is 0 Å². The Kier molecular flexibility index (Phi) is 14.7. The van der Waals surface area contributed by atoms with Gasteiger partial charge in [-0.2, -0.15) is 0 Å². The molecule has 2 heterocycles. The highest BCUT2D eigenvalue weighted by atomic mass is 16.6. The molecule has 3 aliphatic rings. The molecule has 57 heavy (non-hydrogen) atoms. The first-order chi connectivity index (χ1) is 27.2. The zero-order chi connectivity index (χ0) is 41.1. The van der Waals surface area contributed by atoms with Crippen molar-refractivity contribution in [2.24, 2.45) is 17.3 Å². The van der Waals surface area contributed by atoms with Gasteiger partial charge in [0.1, 0.15) is 24.4 Å². The van der Waals surface area contributed by atoms with Crippen molar-refractivity contribution >= 4 is 41.4 Å². The molecule has 1 saturated heterocycles. The Morgan fingerprint density at radius 1 is 0.860 bits per heavy atom. The number of carbonyl (C=O) groups excluding carboxylic acids is 7. The minimum absolute atomic E-state index is 0.0130. The molecule has 1 aromatic heterocycles. The van der Waals surface area contributed by atoms with Gasteiger partial charge in [-0.3, -0.25) is 33.8 Å². The predicted molar refractivity (Wildman–Crippen MR) is 208 cm³/mol. The quantitative estimate of drug-likeness (QED) is 0.157. The van der Waals surface area contributed by atoms with E-state index in [9.17, 15) is 33.6 Å². The van der Waals surface area contributed by atoms with E-state index in [4.69, 9.17) is 4.74 Å². The summed E-state index contributed by atoms with van der Waals surface area (Å²) in [6, 6.07) is 4.90. The molecule has 1 aromatic carbocycles. The molecule has 2 aliphatic carbocycles. The fourth-order valence-corrected chi connectivity index (χ4v) is 7.32. The first-order valence-corrected chi connectivity index (χ1v) is 20.0. The zero-order valence-corrected chi connectivity index (χ0v) is 33.3. The van der Waals surface area contributed by atoms with Gasteiger partial charge in [-0.1, -0.05) is 83.7 Å². The number of likely N-dealkylation sites (tertiary alicyclic amines) is 1. The molecule has 2 aromatic rings. The van der Waals surface area contributed by atoms with Gasteiger partial charge in [-0.25, -0.2) is 9.78 Å². The monoisotopic (exact) mass is 788 g/mol. The number of hydrogen-bond donors (Lipinski definition) is 5. The molecule has 308 valence electrons. The molecule has 5 rings (SSSR count). The number of amides is 6. The molecular formula is C41H56N8O8. The lowest BCUT2D eigenvalue weighted by Gasteiger charge is -2.35. The van der Waals surface area contributed by atoms with Gasteiger partial charge in [0, 0.05) is 31.5 Å². The molecule has 16 nitrogen and oxygen atoms in total. The summed E-state index contributed by atoms with van der Waals surface area (Å²) in [6.45, 7) is 6.92. The number of rotatable bonds is 16. The standard InChI is InChI=1S/C41H56N8O8/c1-5-12-29(33(50)38(54)44-27-17-18-27)45-35(51)28-22-49(40(56)57-24-25-13-8-6-9-14-25)23-31(28)46-39(55)34(41(2,3)4)48-37(53)32(26-15-10-7-11-16-26)47-36(52)30-21-42-19-20-43-30/h6,8-9,13-14,19-21,26-29,31-32,34H,5,7,10-12,15-18,22-24H2,1-4H3,(H,44,54)(H,45,51)(H,46,55)(H,47,52)(H,48,53)/t28?,29-,31-,32-,34?/m0/s1. The van der Waals surface area contributed by atoms with Crippen molar-refractivity contribution < 1.29 is 38.3 Å². The molecule has 5 N–H and O–H groups in total. The van der Waals surface area contributed by atoms with Gasteiger partial charge >= 0.3 is 6.09 Å². The number of carbonyl (C=O) groups is 7. The summed E-state index contributed by atoms with van der Waals surface area (Å²) in [5.74, 6) is -5.05. The van der Waals surface area contributed by atoms with E-state index in [2.05, 4.69) is 36.6 Å². The number of hydrogen-bond acceptors (Lipinski definition) is 10.